The smallest absolute Gasteiger partial charge is 0.238 e. The van der Waals surface area contributed by atoms with E-state index in [1.165, 1.54) is 18.3 Å². The zero-order valence-electron chi connectivity index (χ0n) is 13.7. The predicted molar refractivity (Wildman–Crippen MR) is 98.7 cm³/mol. The van der Waals surface area contributed by atoms with E-state index in [-0.39, 0.29) is 4.90 Å². The number of sulfonamides is 1. The summed E-state index contributed by atoms with van der Waals surface area (Å²) in [4.78, 5) is 8.48. The molecule has 0 aliphatic carbocycles. The van der Waals surface area contributed by atoms with Gasteiger partial charge in [0, 0.05) is 19.8 Å². The molecule has 0 saturated carbocycles. The Labute approximate surface area is 155 Å². The molecule has 0 unspecified atom stereocenters. The molecule has 9 nitrogen and oxygen atoms in total. The molecule has 2 heterocycles. The van der Waals surface area contributed by atoms with Gasteiger partial charge in [-0.3, -0.25) is 4.68 Å². The SMILES string of the molecule is Cn1cc(Nc2ncc(Cl)c(NCc3cccc(S(N)(=O)=O)c3)n2)cn1. The molecule has 136 valence electrons. The monoisotopic (exact) mass is 393 g/mol. The van der Waals surface area contributed by atoms with Gasteiger partial charge in [-0.1, -0.05) is 23.7 Å². The number of benzene rings is 1. The second-order valence-corrected chi connectivity index (χ2v) is 7.43. The van der Waals surface area contributed by atoms with Gasteiger partial charge in [0.05, 0.1) is 23.0 Å². The fourth-order valence-electron chi connectivity index (χ4n) is 2.18. The van der Waals surface area contributed by atoms with Crippen molar-refractivity contribution in [2.24, 2.45) is 12.2 Å². The average molecular weight is 394 g/mol. The van der Waals surface area contributed by atoms with Crippen molar-refractivity contribution in [2.45, 2.75) is 11.4 Å². The van der Waals surface area contributed by atoms with E-state index in [4.69, 9.17) is 16.7 Å². The van der Waals surface area contributed by atoms with Crippen LogP contribution < -0.4 is 15.8 Å². The molecule has 11 heteroatoms. The standard InChI is InChI=1S/C15H16ClN7O2S/c1-23-9-11(7-20-23)21-15-19-8-13(16)14(22-15)18-6-10-3-2-4-12(5-10)26(17,24)25/h2-5,7-9H,6H2,1H3,(H2,17,24,25)(H2,18,19,21,22). The van der Waals surface area contributed by atoms with E-state index in [0.29, 0.717) is 28.9 Å². The Kier molecular flexibility index (Phi) is 5.07. The number of nitrogens with zero attached hydrogens (tertiary/aromatic N) is 4. The maximum absolute atomic E-state index is 11.4. The third-order valence-electron chi connectivity index (χ3n) is 3.39. The maximum Gasteiger partial charge on any atom is 0.238 e. The summed E-state index contributed by atoms with van der Waals surface area (Å²) in [5, 5.41) is 15.6. The summed E-state index contributed by atoms with van der Waals surface area (Å²) >= 11 is 6.13. The molecule has 0 amide bonds. The van der Waals surface area contributed by atoms with Gasteiger partial charge in [-0.2, -0.15) is 10.1 Å². The Morgan fingerprint density at radius 3 is 2.81 bits per heavy atom. The summed E-state index contributed by atoms with van der Waals surface area (Å²) in [5.41, 5.74) is 1.45. The minimum atomic E-state index is -3.75. The van der Waals surface area contributed by atoms with Gasteiger partial charge in [0.25, 0.3) is 0 Å². The van der Waals surface area contributed by atoms with E-state index >= 15 is 0 Å². The van der Waals surface area contributed by atoms with Crippen molar-refractivity contribution in [1.82, 2.24) is 19.7 Å². The Morgan fingerprint density at radius 2 is 2.12 bits per heavy atom. The Hall–Kier alpha value is -2.69. The Bertz CT molecular complexity index is 1040. The van der Waals surface area contributed by atoms with Crippen LogP contribution in [0, 0.1) is 0 Å². The van der Waals surface area contributed by atoms with Gasteiger partial charge >= 0.3 is 0 Å². The Morgan fingerprint density at radius 1 is 1.31 bits per heavy atom. The predicted octanol–water partition coefficient (Wildman–Crippen LogP) is 1.87. The lowest BCUT2D eigenvalue weighted by molar-refractivity contribution is 0.597. The molecule has 0 bridgehead atoms. The molecule has 0 spiro atoms. The summed E-state index contributed by atoms with van der Waals surface area (Å²) in [6.07, 6.45) is 4.89. The van der Waals surface area contributed by atoms with Crippen LogP contribution >= 0.6 is 11.6 Å². The van der Waals surface area contributed by atoms with Crippen molar-refractivity contribution in [1.29, 1.82) is 0 Å². The van der Waals surface area contributed by atoms with Crippen molar-refractivity contribution >= 4 is 39.1 Å². The molecular weight excluding hydrogens is 378 g/mol. The van der Waals surface area contributed by atoms with Gasteiger partial charge in [-0.25, -0.2) is 18.5 Å². The zero-order chi connectivity index (χ0) is 18.7. The highest BCUT2D eigenvalue weighted by atomic mass is 35.5. The quantitative estimate of drug-likeness (QED) is 0.583. The number of aromatic nitrogens is 4. The molecule has 0 atom stereocenters. The van der Waals surface area contributed by atoms with E-state index in [1.54, 1.807) is 36.3 Å². The number of nitrogens with one attached hydrogen (secondary N) is 2. The topological polar surface area (TPSA) is 128 Å². The third kappa shape index (κ3) is 4.48. The summed E-state index contributed by atoms with van der Waals surface area (Å²) in [5.74, 6) is 0.761. The van der Waals surface area contributed by atoms with Crippen LogP contribution in [0.4, 0.5) is 17.5 Å². The van der Waals surface area contributed by atoms with Crippen LogP contribution in [-0.2, 0) is 23.6 Å². The van der Waals surface area contributed by atoms with Crippen molar-refractivity contribution in [2.75, 3.05) is 10.6 Å². The number of hydrogen-bond acceptors (Lipinski definition) is 7. The number of nitrogens with two attached hydrogens (primary N) is 1. The second-order valence-electron chi connectivity index (χ2n) is 5.46. The second kappa shape index (κ2) is 7.28. The normalized spacial score (nSPS) is 11.3. The first-order valence-corrected chi connectivity index (χ1v) is 9.37. The highest BCUT2D eigenvalue weighted by Gasteiger charge is 2.10. The molecule has 0 radical (unpaired) electrons. The molecule has 0 aliphatic rings. The van der Waals surface area contributed by atoms with Crippen molar-refractivity contribution in [3.63, 3.8) is 0 Å². The highest BCUT2D eigenvalue weighted by molar-refractivity contribution is 7.89. The first-order chi connectivity index (χ1) is 12.3. The molecule has 3 rings (SSSR count). The molecule has 0 fully saturated rings. The lowest BCUT2D eigenvalue weighted by Crippen LogP contribution is -2.12. The first kappa shape index (κ1) is 18.1. The Balaban J connectivity index is 1.74. The molecule has 4 N–H and O–H groups in total. The van der Waals surface area contributed by atoms with E-state index in [1.807, 2.05) is 0 Å². The van der Waals surface area contributed by atoms with E-state index in [0.717, 1.165) is 5.69 Å². The number of rotatable bonds is 6. The number of anilines is 3. The van der Waals surface area contributed by atoms with Gasteiger partial charge in [-0.05, 0) is 17.7 Å². The van der Waals surface area contributed by atoms with Crippen LogP contribution in [0.15, 0.2) is 47.8 Å². The fraction of sp³-hybridized carbons (Fsp3) is 0.133. The van der Waals surface area contributed by atoms with Crippen LogP contribution in [0.1, 0.15) is 5.56 Å². The number of halogens is 1. The van der Waals surface area contributed by atoms with Crippen LogP contribution in [0.2, 0.25) is 5.02 Å². The van der Waals surface area contributed by atoms with E-state index in [2.05, 4.69) is 25.7 Å². The van der Waals surface area contributed by atoms with Gasteiger partial charge in [0.1, 0.15) is 5.02 Å². The van der Waals surface area contributed by atoms with Crippen LogP contribution in [0.5, 0.6) is 0 Å². The van der Waals surface area contributed by atoms with E-state index < -0.39 is 10.0 Å². The number of hydrogen-bond donors (Lipinski definition) is 3. The minimum Gasteiger partial charge on any atom is -0.365 e. The van der Waals surface area contributed by atoms with Crippen molar-refractivity contribution in [3.8, 4) is 0 Å². The van der Waals surface area contributed by atoms with Crippen LogP contribution in [0.3, 0.4) is 0 Å². The molecule has 0 saturated heterocycles. The first-order valence-electron chi connectivity index (χ1n) is 7.45. The average Bonchev–Trinajstić information content (AvgIpc) is 3.00. The molecule has 1 aromatic carbocycles. The molecule has 3 aromatic rings. The summed E-state index contributed by atoms with van der Waals surface area (Å²) in [7, 11) is -1.95. The fourth-order valence-corrected chi connectivity index (χ4v) is 2.93. The van der Waals surface area contributed by atoms with E-state index in [9.17, 15) is 8.42 Å². The van der Waals surface area contributed by atoms with Gasteiger partial charge in [0.15, 0.2) is 5.82 Å². The third-order valence-corrected chi connectivity index (χ3v) is 4.58. The lowest BCUT2D eigenvalue weighted by atomic mass is 10.2. The maximum atomic E-state index is 11.4. The molecular formula is C15H16ClN7O2S. The summed E-state index contributed by atoms with van der Waals surface area (Å²) in [6.45, 7) is 0.312. The van der Waals surface area contributed by atoms with Gasteiger partial charge < -0.3 is 10.6 Å². The van der Waals surface area contributed by atoms with Crippen molar-refractivity contribution < 1.29 is 8.42 Å². The summed E-state index contributed by atoms with van der Waals surface area (Å²) in [6, 6.07) is 6.32. The summed E-state index contributed by atoms with van der Waals surface area (Å²) < 4.78 is 24.5. The largest absolute Gasteiger partial charge is 0.365 e. The number of primary sulfonamides is 1. The minimum absolute atomic E-state index is 0.0458. The van der Waals surface area contributed by atoms with Gasteiger partial charge in [-0.15, -0.1) is 0 Å². The lowest BCUT2D eigenvalue weighted by Gasteiger charge is -2.10. The van der Waals surface area contributed by atoms with Gasteiger partial charge in [0.2, 0.25) is 16.0 Å². The highest BCUT2D eigenvalue weighted by Crippen LogP contribution is 2.22. The van der Waals surface area contributed by atoms with Crippen LogP contribution in [0.25, 0.3) is 0 Å². The molecule has 26 heavy (non-hydrogen) atoms. The molecule has 0 aliphatic heterocycles. The molecule has 2 aromatic heterocycles. The van der Waals surface area contributed by atoms with Crippen molar-refractivity contribution in [3.05, 3.63) is 53.4 Å². The number of aryl methyl sites for hydroxylation is 1. The van der Waals surface area contributed by atoms with Crippen LogP contribution in [-0.4, -0.2) is 28.2 Å². The zero-order valence-corrected chi connectivity index (χ0v) is 15.3.